The van der Waals surface area contributed by atoms with Crippen molar-refractivity contribution in [3.63, 3.8) is 0 Å². The van der Waals surface area contributed by atoms with E-state index in [2.05, 4.69) is 20.2 Å². The van der Waals surface area contributed by atoms with E-state index in [0.717, 1.165) is 11.3 Å². The molecule has 0 aliphatic rings. The van der Waals surface area contributed by atoms with Crippen molar-refractivity contribution in [2.24, 2.45) is 5.73 Å². The van der Waals surface area contributed by atoms with Crippen LogP contribution in [0.15, 0.2) is 24.7 Å². The molecule has 0 unspecified atom stereocenters. The zero-order chi connectivity index (χ0) is 9.10. The topological polar surface area (TPSA) is 80.5 Å². The highest BCUT2D eigenvalue weighted by Gasteiger charge is 2.00. The Kier molecular flexibility index (Phi) is 2.01. The van der Waals surface area contributed by atoms with Crippen LogP contribution < -0.4 is 5.73 Å². The summed E-state index contributed by atoms with van der Waals surface area (Å²) in [5, 5.41) is 6.48. The van der Waals surface area contributed by atoms with Gasteiger partial charge in [0, 0.05) is 12.7 Å². The van der Waals surface area contributed by atoms with Gasteiger partial charge in [0.25, 0.3) is 0 Å². The molecule has 5 nitrogen and oxygen atoms in total. The van der Waals surface area contributed by atoms with E-state index >= 15 is 0 Å². The zero-order valence-corrected chi connectivity index (χ0v) is 6.94. The predicted octanol–water partition coefficient (Wildman–Crippen LogP) is 0.325. The van der Waals surface area contributed by atoms with Gasteiger partial charge in [0.05, 0.1) is 0 Å². The molecule has 3 N–H and O–H groups in total. The molecule has 0 amide bonds. The molecule has 0 fully saturated rings. The minimum absolute atomic E-state index is 0.504. The van der Waals surface area contributed by atoms with E-state index in [9.17, 15) is 0 Å². The molecular formula is C8H9N5. The lowest BCUT2D eigenvalue weighted by atomic mass is 10.2. The average molecular weight is 175 g/mol. The molecule has 0 aromatic carbocycles. The fraction of sp³-hybridized carbons (Fsp3) is 0.125. The number of aromatic nitrogens is 4. The van der Waals surface area contributed by atoms with E-state index < -0.39 is 0 Å². The normalized spacial score (nSPS) is 10.2. The third-order valence-electron chi connectivity index (χ3n) is 1.72. The fourth-order valence-electron chi connectivity index (χ4n) is 1.01. The maximum absolute atomic E-state index is 5.44. The van der Waals surface area contributed by atoms with Crippen LogP contribution in [0, 0.1) is 0 Å². The Labute approximate surface area is 75.0 Å². The summed E-state index contributed by atoms with van der Waals surface area (Å²) in [5.74, 6) is 0.670. The van der Waals surface area contributed by atoms with Gasteiger partial charge in [-0.1, -0.05) is 6.07 Å². The summed E-state index contributed by atoms with van der Waals surface area (Å²) in [6.45, 7) is 0.504. The monoisotopic (exact) mass is 175 g/mol. The van der Waals surface area contributed by atoms with Crippen molar-refractivity contribution in [3.8, 4) is 11.5 Å². The summed E-state index contributed by atoms with van der Waals surface area (Å²) in [4.78, 5) is 8.16. The number of H-pyrrole nitrogens is 1. The maximum Gasteiger partial charge on any atom is 0.174 e. The zero-order valence-electron chi connectivity index (χ0n) is 6.94. The van der Waals surface area contributed by atoms with Crippen LogP contribution >= 0.6 is 0 Å². The quantitative estimate of drug-likeness (QED) is 0.689. The standard InChI is InChI=1S/C8H9N5/c9-3-6-1-2-7(10-4-6)8-11-5-12-13-8/h1-2,4-5H,3,9H2,(H,11,12,13). The van der Waals surface area contributed by atoms with Gasteiger partial charge in [-0.2, -0.15) is 5.10 Å². The molecule has 0 saturated carbocycles. The Balaban J connectivity index is 2.33. The Hall–Kier alpha value is -1.75. The third-order valence-corrected chi connectivity index (χ3v) is 1.72. The van der Waals surface area contributed by atoms with Crippen LogP contribution in [0.3, 0.4) is 0 Å². The van der Waals surface area contributed by atoms with Gasteiger partial charge < -0.3 is 5.73 Å². The SMILES string of the molecule is NCc1ccc(-c2ncn[nH]2)nc1. The van der Waals surface area contributed by atoms with Gasteiger partial charge in [-0.05, 0) is 11.6 Å². The van der Waals surface area contributed by atoms with E-state index in [0.29, 0.717) is 12.4 Å². The van der Waals surface area contributed by atoms with Gasteiger partial charge >= 0.3 is 0 Å². The van der Waals surface area contributed by atoms with Crippen LogP contribution in [0.1, 0.15) is 5.56 Å². The molecule has 2 aromatic heterocycles. The van der Waals surface area contributed by atoms with E-state index in [4.69, 9.17) is 5.73 Å². The first-order valence-corrected chi connectivity index (χ1v) is 3.91. The minimum Gasteiger partial charge on any atom is -0.326 e. The molecule has 0 bridgehead atoms. The summed E-state index contributed by atoms with van der Waals surface area (Å²) in [6.07, 6.45) is 3.19. The van der Waals surface area contributed by atoms with Crippen LogP contribution in [0.2, 0.25) is 0 Å². The smallest absolute Gasteiger partial charge is 0.174 e. The average Bonchev–Trinajstić information content (AvgIpc) is 2.71. The molecular weight excluding hydrogens is 166 g/mol. The molecule has 2 aromatic rings. The van der Waals surface area contributed by atoms with Gasteiger partial charge in [-0.3, -0.25) is 10.1 Å². The molecule has 0 spiro atoms. The van der Waals surface area contributed by atoms with Crippen molar-refractivity contribution in [1.29, 1.82) is 0 Å². The van der Waals surface area contributed by atoms with Gasteiger partial charge in [0.1, 0.15) is 12.0 Å². The summed E-state index contributed by atoms with van der Waals surface area (Å²) in [6, 6.07) is 3.79. The first-order chi connectivity index (χ1) is 6.40. The van der Waals surface area contributed by atoms with Crippen molar-refractivity contribution >= 4 is 0 Å². The largest absolute Gasteiger partial charge is 0.326 e. The number of hydrogen-bond acceptors (Lipinski definition) is 4. The highest BCUT2D eigenvalue weighted by molar-refractivity contribution is 5.47. The number of aromatic amines is 1. The van der Waals surface area contributed by atoms with Crippen LogP contribution in [-0.2, 0) is 6.54 Å². The molecule has 0 aliphatic carbocycles. The molecule has 2 heterocycles. The van der Waals surface area contributed by atoms with Crippen LogP contribution in [0.5, 0.6) is 0 Å². The third kappa shape index (κ3) is 1.54. The van der Waals surface area contributed by atoms with Crippen LogP contribution in [0.25, 0.3) is 11.5 Å². The molecule has 2 rings (SSSR count). The summed E-state index contributed by atoms with van der Waals surface area (Å²) >= 11 is 0. The van der Waals surface area contributed by atoms with Gasteiger partial charge in [-0.25, -0.2) is 4.98 Å². The van der Waals surface area contributed by atoms with Gasteiger partial charge in [0.2, 0.25) is 0 Å². The van der Waals surface area contributed by atoms with E-state index in [1.165, 1.54) is 6.33 Å². The lowest BCUT2D eigenvalue weighted by Gasteiger charge is -1.97. The highest BCUT2D eigenvalue weighted by atomic mass is 15.2. The molecule has 0 saturated heterocycles. The Morgan fingerprint density at radius 2 is 2.23 bits per heavy atom. The number of nitrogens with one attached hydrogen (secondary N) is 1. The molecule has 66 valence electrons. The second-order valence-electron chi connectivity index (χ2n) is 2.59. The first-order valence-electron chi connectivity index (χ1n) is 3.91. The van der Waals surface area contributed by atoms with Crippen LogP contribution in [-0.4, -0.2) is 20.2 Å². The Bertz CT molecular complexity index is 364. The predicted molar refractivity (Wildman–Crippen MR) is 47.5 cm³/mol. The first kappa shape index (κ1) is 7.88. The lowest BCUT2D eigenvalue weighted by Crippen LogP contribution is -1.97. The fourth-order valence-corrected chi connectivity index (χ4v) is 1.01. The van der Waals surface area contributed by atoms with Crippen molar-refractivity contribution in [2.75, 3.05) is 0 Å². The van der Waals surface area contributed by atoms with E-state index in [1.54, 1.807) is 6.20 Å². The van der Waals surface area contributed by atoms with Crippen molar-refractivity contribution < 1.29 is 0 Å². The van der Waals surface area contributed by atoms with Crippen molar-refractivity contribution in [2.45, 2.75) is 6.54 Å². The summed E-state index contributed by atoms with van der Waals surface area (Å²) in [7, 11) is 0. The number of pyridine rings is 1. The summed E-state index contributed by atoms with van der Waals surface area (Å²) < 4.78 is 0. The van der Waals surface area contributed by atoms with Crippen molar-refractivity contribution in [1.82, 2.24) is 20.2 Å². The molecule has 13 heavy (non-hydrogen) atoms. The molecule has 0 aliphatic heterocycles. The number of nitrogens with two attached hydrogens (primary N) is 1. The molecule has 0 radical (unpaired) electrons. The van der Waals surface area contributed by atoms with E-state index in [-0.39, 0.29) is 0 Å². The highest BCUT2D eigenvalue weighted by Crippen LogP contribution is 2.09. The summed E-state index contributed by atoms with van der Waals surface area (Å²) in [5.41, 5.74) is 7.22. The molecule has 5 heteroatoms. The Morgan fingerprint density at radius 1 is 1.31 bits per heavy atom. The Morgan fingerprint density at radius 3 is 2.77 bits per heavy atom. The maximum atomic E-state index is 5.44. The van der Waals surface area contributed by atoms with Crippen molar-refractivity contribution in [3.05, 3.63) is 30.2 Å². The van der Waals surface area contributed by atoms with E-state index in [1.807, 2.05) is 12.1 Å². The molecule has 0 atom stereocenters. The van der Waals surface area contributed by atoms with Gasteiger partial charge in [0.15, 0.2) is 5.82 Å². The number of rotatable bonds is 2. The number of hydrogen-bond donors (Lipinski definition) is 2. The van der Waals surface area contributed by atoms with Gasteiger partial charge in [-0.15, -0.1) is 0 Å². The minimum atomic E-state index is 0.504. The lowest BCUT2D eigenvalue weighted by molar-refractivity contribution is 1.04. The van der Waals surface area contributed by atoms with Crippen LogP contribution in [0.4, 0.5) is 0 Å². The number of nitrogens with zero attached hydrogens (tertiary/aromatic N) is 3. The second kappa shape index (κ2) is 3.32. The second-order valence-corrected chi connectivity index (χ2v) is 2.59.